The number of aromatic amines is 1. The zero-order valence-corrected chi connectivity index (χ0v) is 17.3. The van der Waals surface area contributed by atoms with Crippen LogP contribution in [0.25, 0.3) is 38.0 Å². The van der Waals surface area contributed by atoms with Crippen molar-refractivity contribution in [1.29, 1.82) is 0 Å². The molecule has 4 aromatic rings. The van der Waals surface area contributed by atoms with Crippen LogP contribution < -0.4 is 0 Å². The van der Waals surface area contributed by atoms with Crippen LogP contribution in [0.15, 0.2) is 54.7 Å². The van der Waals surface area contributed by atoms with Gasteiger partial charge in [-0.2, -0.15) is 0 Å². The molecule has 0 aliphatic heterocycles. The average molecular weight is 397 g/mol. The molecule has 0 saturated carbocycles. The number of ether oxygens (including phenoxy) is 1. The van der Waals surface area contributed by atoms with Crippen LogP contribution in [0.1, 0.15) is 30.0 Å². The number of nitrogens with one attached hydrogen (secondary N) is 1. The molecule has 1 N–H and O–H groups in total. The molecule has 0 aliphatic carbocycles. The molecule has 5 heteroatoms. The molecular weight excluding hydrogens is 374 g/mol. The van der Waals surface area contributed by atoms with E-state index >= 15 is 0 Å². The highest BCUT2D eigenvalue weighted by molar-refractivity contribution is 6.02. The molecule has 2 aromatic carbocycles. The van der Waals surface area contributed by atoms with Crippen LogP contribution in [0.2, 0.25) is 0 Å². The number of hydrogen-bond donors (Lipinski definition) is 1. The quantitative estimate of drug-likeness (QED) is 0.325. The third-order valence-corrected chi connectivity index (χ3v) is 5.48. The molecule has 4 rings (SSSR count). The summed E-state index contributed by atoms with van der Waals surface area (Å²) < 4.78 is 7.10. The smallest absolute Gasteiger partial charge is 0.354 e. The maximum Gasteiger partial charge on any atom is 0.354 e. The molecule has 150 valence electrons. The second kappa shape index (κ2) is 7.92. The van der Waals surface area contributed by atoms with Gasteiger partial charge in [0.05, 0.1) is 13.2 Å². The van der Waals surface area contributed by atoms with E-state index in [1.165, 1.54) is 0 Å². The molecule has 0 saturated heterocycles. The van der Waals surface area contributed by atoms with E-state index in [-0.39, 0.29) is 6.61 Å². The lowest BCUT2D eigenvalue weighted by Crippen LogP contribution is -2.12. The molecule has 5 nitrogen and oxygen atoms in total. The van der Waals surface area contributed by atoms with Crippen molar-refractivity contribution in [1.82, 2.24) is 9.55 Å². The number of carbonyl (C=O) groups is 1. The summed E-state index contributed by atoms with van der Waals surface area (Å²) in [6.45, 7) is 11.8. The third kappa shape index (κ3) is 3.07. The van der Waals surface area contributed by atoms with Gasteiger partial charge >= 0.3 is 5.97 Å². The van der Waals surface area contributed by atoms with Crippen LogP contribution in [0.3, 0.4) is 0 Å². The summed E-state index contributed by atoms with van der Waals surface area (Å²) in [7, 11) is 1.82. The van der Waals surface area contributed by atoms with E-state index in [2.05, 4.69) is 28.0 Å². The van der Waals surface area contributed by atoms with Gasteiger partial charge in [-0.15, -0.1) is 0 Å². The maximum atomic E-state index is 12.7. The summed E-state index contributed by atoms with van der Waals surface area (Å²) in [5.41, 5.74) is 6.58. The third-order valence-electron chi connectivity index (χ3n) is 5.48. The van der Waals surface area contributed by atoms with Gasteiger partial charge in [-0.3, -0.25) is 0 Å². The number of fused-ring (bicyclic) bond motifs is 1. The Hall–Kier alpha value is -3.78. The summed E-state index contributed by atoms with van der Waals surface area (Å²) >= 11 is 0. The van der Waals surface area contributed by atoms with Crippen molar-refractivity contribution in [2.45, 2.75) is 20.3 Å². The van der Waals surface area contributed by atoms with E-state index in [0.717, 1.165) is 33.3 Å². The Morgan fingerprint density at radius 1 is 1.10 bits per heavy atom. The highest BCUT2D eigenvalue weighted by atomic mass is 16.5. The van der Waals surface area contributed by atoms with Crippen molar-refractivity contribution in [2.24, 2.45) is 7.05 Å². The van der Waals surface area contributed by atoms with Gasteiger partial charge in [-0.25, -0.2) is 9.64 Å². The number of H-pyrrole nitrogens is 1. The zero-order valence-electron chi connectivity index (χ0n) is 17.3. The monoisotopic (exact) mass is 397 g/mol. The molecule has 0 amide bonds. The molecule has 0 atom stereocenters. The van der Waals surface area contributed by atoms with Gasteiger partial charge in [0.1, 0.15) is 5.69 Å². The lowest BCUT2D eigenvalue weighted by atomic mass is 9.97. The molecule has 0 bridgehead atoms. The predicted molar refractivity (Wildman–Crippen MR) is 120 cm³/mol. The lowest BCUT2D eigenvalue weighted by molar-refractivity contribution is 0.0516. The fraction of sp³-hybridized carbons (Fsp3) is 0.200. The van der Waals surface area contributed by atoms with Crippen molar-refractivity contribution >= 4 is 22.6 Å². The van der Waals surface area contributed by atoms with Crippen molar-refractivity contribution < 1.29 is 9.53 Å². The van der Waals surface area contributed by atoms with Crippen molar-refractivity contribution in [2.75, 3.05) is 6.61 Å². The van der Waals surface area contributed by atoms with Crippen LogP contribution in [-0.4, -0.2) is 22.1 Å². The van der Waals surface area contributed by atoms with Gasteiger partial charge in [-0.05, 0) is 42.2 Å². The fourth-order valence-electron chi connectivity index (χ4n) is 4.11. The molecule has 30 heavy (non-hydrogen) atoms. The fourth-order valence-corrected chi connectivity index (χ4v) is 4.11. The molecular formula is C25H23N3O2. The van der Waals surface area contributed by atoms with E-state index in [4.69, 9.17) is 11.3 Å². The summed E-state index contributed by atoms with van der Waals surface area (Å²) in [4.78, 5) is 19.7. The highest BCUT2D eigenvalue weighted by Gasteiger charge is 2.26. The minimum absolute atomic E-state index is 0.290. The number of esters is 1. The number of benzene rings is 2. The molecule has 0 unspecified atom stereocenters. The normalized spacial score (nSPS) is 10.9. The second-order valence-electron chi connectivity index (χ2n) is 7.09. The van der Waals surface area contributed by atoms with Crippen LogP contribution in [0, 0.1) is 6.57 Å². The van der Waals surface area contributed by atoms with Crippen molar-refractivity contribution in [3.05, 3.63) is 77.5 Å². The first-order valence-electron chi connectivity index (χ1n) is 10.0. The molecule has 0 fully saturated rings. The molecule has 2 heterocycles. The molecule has 2 aromatic heterocycles. The van der Waals surface area contributed by atoms with Gasteiger partial charge in [0.15, 0.2) is 0 Å². The zero-order chi connectivity index (χ0) is 21.3. The van der Waals surface area contributed by atoms with Crippen LogP contribution >= 0.6 is 0 Å². The lowest BCUT2D eigenvalue weighted by Gasteiger charge is -2.10. The van der Waals surface area contributed by atoms with E-state index < -0.39 is 5.97 Å². The first-order valence-corrected chi connectivity index (χ1v) is 10.0. The number of carbonyl (C=O) groups excluding carboxylic acids is 1. The Balaban J connectivity index is 1.86. The SMILES string of the molecule is [C-]#[N+]c1c(-c2ccc(-c3cccc4[nH]ccc34)cc2)c(C(=O)OCC)n(C)c1CC. The van der Waals surface area contributed by atoms with Gasteiger partial charge in [0.25, 0.3) is 0 Å². The number of aromatic nitrogens is 2. The number of rotatable bonds is 5. The number of nitrogens with zero attached hydrogens (tertiary/aromatic N) is 2. The minimum atomic E-state index is -0.402. The Morgan fingerprint density at radius 2 is 1.83 bits per heavy atom. The van der Waals surface area contributed by atoms with Gasteiger partial charge < -0.3 is 14.3 Å². The molecule has 0 aliphatic rings. The van der Waals surface area contributed by atoms with E-state index in [0.29, 0.717) is 23.4 Å². The van der Waals surface area contributed by atoms with E-state index in [1.807, 2.05) is 50.5 Å². The van der Waals surface area contributed by atoms with Crippen LogP contribution in [0.4, 0.5) is 5.69 Å². The minimum Gasteiger partial charge on any atom is -0.461 e. The summed E-state index contributed by atoms with van der Waals surface area (Å²) in [5.74, 6) is -0.402. The maximum absolute atomic E-state index is 12.7. The Labute approximate surface area is 175 Å². The Morgan fingerprint density at radius 3 is 2.50 bits per heavy atom. The summed E-state index contributed by atoms with van der Waals surface area (Å²) in [5, 5.41) is 1.16. The molecule has 0 radical (unpaired) electrons. The Bertz CT molecular complexity index is 1270. The topological polar surface area (TPSA) is 51.4 Å². The largest absolute Gasteiger partial charge is 0.461 e. The van der Waals surface area contributed by atoms with Gasteiger partial charge in [-0.1, -0.05) is 43.3 Å². The second-order valence-corrected chi connectivity index (χ2v) is 7.09. The average Bonchev–Trinajstić information content (AvgIpc) is 3.35. The van der Waals surface area contributed by atoms with Crippen LogP contribution in [-0.2, 0) is 18.2 Å². The van der Waals surface area contributed by atoms with Gasteiger partial charge in [0, 0.05) is 35.4 Å². The van der Waals surface area contributed by atoms with Gasteiger partial charge in [0.2, 0.25) is 5.69 Å². The summed E-state index contributed by atoms with van der Waals surface area (Å²) in [6, 6.07) is 16.3. The highest BCUT2D eigenvalue weighted by Crippen LogP contribution is 2.40. The predicted octanol–water partition coefficient (Wildman–Crippen LogP) is 6.13. The first-order chi connectivity index (χ1) is 14.6. The standard InChI is InChI=1S/C25H23N3O2/c1-5-21-23(26-3)22(24(28(21)4)25(29)30-6-2)17-12-10-16(11-13-17)18-8-7-9-20-19(18)14-15-27-20/h7-15,27H,5-6H2,1-2,4H3. The summed E-state index contributed by atoms with van der Waals surface area (Å²) in [6.07, 6.45) is 2.60. The van der Waals surface area contributed by atoms with Crippen LogP contribution in [0.5, 0.6) is 0 Å². The van der Waals surface area contributed by atoms with Crippen molar-refractivity contribution in [3.63, 3.8) is 0 Å². The first kappa shape index (κ1) is 19.5. The van der Waals surface area contributed by atoms with E-state index in [9.17, 15) is 4.79 Å². The number of hydrogen-bond acceptors (Lipinski definition) is 2. The van der Waals surface area contributed by atoms with E-state index in [1.54, 1.807) is 11.5 Å². The van der Waals surface area contributed by atoms with Crippen molar-refractivity contribution in [3.8, 4) is 22.3 Å². The Kier molecular flexibility index (Phi) is 5.16. The molecule has 0 spiro atoms.